The number of nitrogens with one attached hydrogen (secondary N) is 1. The molecule has 15 heavy (non-hydrogen) atoms. The summed E-state index contributed by atoms with van der Waals surface area (Å²) in [5.41, 5.74) is 1.54. The van der Waals surface area contributed by atoms with Crippen LogP contribution in [0.25, 0.3) is 0 Å². The van der Waals surface area contributed by atoms with Gasteiger partial charge in [-0.15, -0.1) is 0 Å². The predicted octanol–water partition coefficient (Wildman–Crippen LogP) is 3.83. The van der Waals surface area contributed by atoms with Crippen LogP contribution in [0.3, 0.4) is 0 Å². The van der Waals surface area contributed by atoms with Crippen molar-refractivity contribution in [2.45, 2.75) is 38.1 Å². The van der Waals surface area contributed by atoms with E-state index >= 15 is 0 Å². The first-order valence-corrected chi connectivity index (χ1v) is 6.52. The molecular formula is C13H18BrN. The van der Waals surface area contributed by atoms with E-state index in [1.54, 1.807) is 0 Å². The average molecular weight is 268 g/mol. The molecule has 1 aliphatic rings. The molecule has 82 valence electrons. The Morgan fingerprint density at radius 1 is 1.20 bits per heavy atom. The first-order valence-electron chi connectivity index (χ1n) is 5.72. The highest BCUT2D eigenvalue weighted by Gasteiger charge is 2.28. The third-order valence-corrected chi connectivity index (χ3v) is 4.03. The molecule has 1 heterocycles. The maximum absolute atomic E-state index is 3.69. The number of hydrogen-bond donors (Lipinski definition) is 1. The minimum atomic E-state index is 0.149. The number of benzene rings is 1. The summed E-state index contributed by atoms with van der Waals surface area (Å²) in [5, 5.41) is 3.69. The molecular weight excluding hydrogens is 250 g/mol. The molecule has 0 spiro atoms. The topological polar surface area (TPSA) is 12.0 Å². The van der Waals surface area contributed by atoms with E-state index in [4.69, 9.17) is 0 Å². The molecule has 1 fully saturated rings. The van der Waals surface area contributed by atoms with Gasteiger partial charge in [0.15, 0.2) is 0 Å². The van der Waals surface area contributed by atoms with Gasteiger partial charge in [0.25, 0.3) is 0 Å². The maximum atomic E-state index is 3.69. The Morgan fingerprint density at radius 3 is 2.80 bits per heavy atom. The molecule has 1 nitrogen and oxygen atoms in total. The third kappa shape index (κ3) is 2.43. The second kappa shape index (κ2) is 4.67. The van der Waals surface area contributed by atoms with Gasteiger partial charge in [-0.25, -0.2) is 0 Å². The average Bonchev–Trinajstić information content (AvgIpc) is 2.44. The van der Waals surface area contributed by atoms with E-state index in [1.807, 2.05) is 0 Å². The Balaban J connectivity index is 2.30. The van der Waals surface area contributed by atoms with Crippen LogP contribution in [-0.2, 0) is 5.54 Å². The first kappa shape index (κ1) is 11.2. The van der Waals surface area contributed by atoms with Crippen molar-refractivity contribution in [3.05, 3.63) is 34.3 Å². The van der Waals surface area contributed by atoms with Crippen LogP contribution in [0.4, 0.5) is 0 Å². The van der Waals surface area contributed by atoms with Crippen molar-refractivity contribution >= 4 is 15.9 Å². The van der Waals surface area contributed by atoms with Gasteiger partial charge in [0.2, 0.25) is 0 Å². The van der Waals surface area contributed by atoms with Crippen LogP contribution in [0.2, 0.25) is 0 Å². The Kier molecular flexibility index (Phi) is 3.47. The summed E-state index contributed by atoms with van der Waals surface area (Å²) in [7, 11) is 0. The third-order valence-electron chi connectivity index (χ3n) is 3.34. The minimum absolute atomic E-state index is 0.149. The largest absolute Gasteiger partial charge is 0.308 e. The highest BCUT2D eigenvalue weighted by Crippen LogP contribution is 2.33. The molecule has 0 aromatic heterocycles. The minimum Gasteiger partial charge on any atom is -0.308 e. The van der Waals surface area contributed by atoms with Crippen LogP contribution in [0.5, 0.6) is 0 Å². The fourth-order valence-corrected chi connectivity index (χ4v) is 3.09. The standard InChI is InChI=1S/C13H18BrN/c1-13(9-5-2-6-10-15-13)11-7-3-4-8-12(11)14/h3-4,7-8,15H,2,5-6,9-10H2,1H3. The Morgan fingerprint density at radius 2 is 2.00 bits per heavy atom. The molecule has 1 aromatic rings. The van der Waals surface area contributed by atoms with Crippen LogP contribution >= 0.6 is 15.9 Å². The van der Waals surface area contributed by atoms with Gasteiger partial charge in [0.05, 0.1) is 0 Å². The molecule has 2 heteroatoms. The van der Waals surface area contributed by atoms with Crippen LogP contribution in [-0.4, -0.2) is 6.54 Å². The zero-order chi connectivity index (χ0) is 10.7. The predicted molar refractivity (Wildman–Crippen MR) is 68.0 cm³/mol. The normalized spacial score (nSPS) is 27.3. The van der Waals surface area contributed by atoms with Crippen molar-refractivity contribution in [1.82, 2.24) is 5.32 Å². The quantitative estimate of drug-likeness (QED) is 0.816. The summed E-state index contributed by atoms with van der Waals surface area (Å²) in [4.78, 5) is 0. The molecule has 0 bridgehead atoms. The van der Waals surface area contributed by atoms with Crippen molar-refractivity contribution in [1.29, 1.82) is 0 Å². The molecule has 0 radical (unpaired) electrons. The van der Waals surface area contributed by atoms with Crippen LogP contribution in [0.1, 0.15) is 38.2 Å². The van der Waals surface area contributed by atoms with E-state index in [9.17, 15) is 0 Å². The molecule has 2 rings (SSSR count). The van der Waals surface area contributed by atoms with Crippen molar-refractivity contribution in [3.63, 3.8) is 0 Å². The summed E-state index contributed by atoms with van der Waals surface area (Å²) in [6.07, 6.45) is 5.22. The fraction of sp³-hybridized carbons (Fsp3) is 0.538. The van der Waals surface area contributed by atoms with Crippen molar-refractivity contribution in [2.75, 3.05) is 6.54 Å². The second-order valence-corrected chi connectivity index (χ2v) is 5.40. The Labute approximate surface area is 100 Å². The van der Waals surface area contributed by atoms with Crippen LogP contribution in [0, 0.1) is 0 Å². The van der Waals surface area contributed by atoms with Gasteiger partial charge in [-0.1, -0.05) is 47.0 Å². The molecule has 1 aliphatic heterocycles. The molecule has 0 saturated carbocycles. The van der Waals surface area contributed by atoms with E-state index in [0.29, 0.717) is 0 Å². The number of rotatable bonds is 1. The lowest BCUT2D eigenvalue weighted by atomic mass is 9.88. The molecule has 0 amide bonds. The summed E-state index contributed by atoms with van der Waals surface area (Å²) >= 11 is 3.65. The maximum Gasteiger partial charge on any atom is 0.0417 e. The molecule has 1 aromatic carbocycles. The van der Waals surface area contributed by atoms with Crippen LogP contribution in [0.15, 0.2) is 28.7 Å². The van der Waals surface area contributed by atoms with E-state index in [2.05, 4.69) is 52.4 Å². The lowest BCUT2D eigenvalue weighted by molar-refractivity contribution is 0.358. The molecule has 1 N–H and O–H groups in total. The molecule has 0 aliphatic carbocycles. The smallest absolute Gasteiger partial charge is 0.0417 e. The summed E-state index contributed by atoms with van der Waals surface area (Å²) in [6.45, 7) is 3.45. The van der Waals surface area contributed by atoms with Gasteiger partial charge in [-0.2, -0.15) is 0 Å². The summed E-state index contributed by atoms with van der Waals surface area (Å²) in [6, 6.07) is 8.56. The van der Waals surface area contributed by atoms with Gasteiger partial charge < -0.3 is 5.32 Å². The van der Waals surface area contributed by atoms with Crippen molar-refractivity contribution in [2.24, 2.45) is 0 Å². The Bertz CT molecular complexity index is 327. The molecule has 1 unspecified atom stereocenters. The van der Waals surface area contributed by atoms with E-state index in [-0.39, 0.29) is 5.54 Å². The van der Waals surface area contributed by atoms with Gasteiger partial charge in [-0.3, -0.25) is 0 Å². The van der Waals surface area contributed by atoms with Gasteiger partial charge in [-0.05, 0) is 37.9 Å². The summed E-state index contributed by atoms with van der Waals surface area (Å²) < 4.78 is 1.22. The Hall–Kier alpha value is -0.340. The second-order valence-electron chi connectivity index (χ2n) is 4.55. The van der Waals surface area contributed by atoms with Gasteiger partial charge >= 0.3 is 0 Å². The van der Waals surface area contributed by atoms with Crippen molar-refractivity contribution in [3.8, 4) is 0 Å². The highest BCUT2D eigenvalue weighted by molar-refractivity contribution is 9.10. The highest BCUT2D eigenvalue weighted by atomic mass is 79.9. The van der Waals surface area contributed by atoms with E-state index in [0.717, 1.165) is 6.54 Å². The zero-order valence-corrected chi connectivity index (χ0v) is 10.8. The number of halogens is 1. The van der Waals surface area contributed by atoms with Gasteiger partial charge in [0.1, 0.15) is 0 Å². The van der Waals surface area contributed by atoms with Gasteiger partial charge in [0, 0.05) is 10.0 Å². The lowest BCUT2D eigenvalue weighted by Crippen LogP contribution is -2.39. The fourth-order valence-electron chi connectivity index (χ4n) is 2.37. The monoisotopic (exact) mass is 267 g/mol. The summed E-state index contributed by atoms with van der Waals surface area (Å²) in [5.74, 6) is 0. The lowest BCUT2D eigenvalue weighted by Gasteiger charge is -2.31. The van der Waals surface area contributed by atoms with Crippen LogP contribution < -0.4 is 5.32 Å². The van der Waals surface area contributed by atoms with E-state index < -0.39 is 0 Å². The molecule has 1 atom stereocenters. The SMILES string of the molecule is CC1(c2ccccc2Br)CCCCCN1. The first-order chi connectivity index (χ1) is 7.22. The van der Waals surface area contributed by atoms with E-state index in [1.165, 1.54) is 35.7 Å². The van der Waals surface area contributed by atoms with Crippen molar-refractivity contribution < 1.29 is 0 Å². The zero-order valence-electron chi connectivity index (χ0n) is 9.22. The molecule has 1 saturated heterocycles. The number of hydrogen-bond acceptors (Lipinski definition) is 1.